The van der Waals surface area contributed by atoms with Gasteiger partial charge in [-0.2, -0.15) is 0 Å². The van der Waals surface area contributed by atoms with Crippen molar-refractivity contribution >= 4 is 72.7 Å². The molecule has 6 nitrogen and oxygen atoms in total. The van der Waals surface area contributed by atoms with Crippen molar-refractivity contribution in [2.45, 2.75) is 50.8 Å². The van der Waals surface area contributed by atoms with E-state index in [0.29, 0.717) is 5.71 Å². The van der Waals surface area contributed by atoms with Crippen LogP contribution in [0.5, 0.6) is 0 Å². The molecule has 0 saturated heterocycles. The molecule has 5 aromatic heterocycles. The number of furan rings is 2. The van der Waals surface area contributed by atoms with E-state index in [-0.39, 0.29) is 25.7 Å². The fourth-order valence-corrected chi connectivity index (χ4v) is 10.7. The number of fused-ring (bicyclic) bond motifs is 7. The molecular weight excluding hydrogens is 941 g/mol. The van der Waals surface area contributed by atoms with Crippen molar-refractivity contribution < 1.29 is 34.4 Å². The van der Waals surface area contributed by atoms with E-state index in [0.717, 1.165) is 88.9 Å². The van der Waals surface area contributed by atoms with Crippen molar-refractivity contribution in [1.29, 1.82) is 0 Å². The smallest absolute Gasteiger partial charge is 0 e. The fourth-order valence-electron chi connectivity index (χ4n) is 7.42. The van der Waals surface area contributed by atoms with Gasteiger partial charge < -0.3 is 13.4 Å². The van der Waals surface area contributed by atoms with E-state index in [1.54, 1.807) is 12.1 Å². The van der Waals surface area contributed by atoms with Crippen LogP contribution in [0.4, 0.5) is 0 Å². The van der Waals surface area contributed by atoms with Crippen LogP contribution < -0.4 is 4.40 Å². The minimum absolute atomic E-state index is 0. The van der Waals surface area contributed by atoms with E-state index < -0.39 is 26.0 Å². The van der Waals surface area contributed by atoms with E-state index in [4.69, 9.17) is 19.3 Å². The van der Waals surface area contributed by atoms with Crippen LogP contribution in [0, 0.1) is 25.9 Å². The van der Waals surface area contributed by atoms with Gasteiger partial charge in [0.15, 0.2) is 5.58 Å². The van der Waals surface area contributed by atoms with Crippen molar-refractivity contribution in [3.63, 3.8) is 0 Å². The number of hydrogen-bond acceptors (Lipinski definition) is 5. The summed E-state index contributed by atoms with van der Waals surface area (Å²) in [5, 5.41) is 4.13. The average Bonchev–Trinajstić information content (AvgIpc) is 3.91. The Morgan fingerprint density at radius 1 is 0.789 bits per heavy atom. The van der Waals surface area contributed by atoms with Crippen LogP contribution in [0.1, 0.15) is 42.0 Å². The molecule has 0 aliphatic carbocycles. The summed E-state index contributed by atoms with van der Waals surface area (Å²) in [5.74, 6) is 6.92. The third-order valence-electron chi connectivity index (χ3n) is 10.2. The number of rotatable bonds is 5. The molecule has 0 aliphatic rings. The van der Waals surface area contributed by atoms with Gasteiger partial charge in [0.2, 0.25) is 5.71 Å². The average molecular weight is 988 g/mol. The molecule has 0 unspecified atom stereocenters. The van der Waals surface area contributed by atoms with E-state index in [1.807, 2.05) is 87.6 Å². The zero-order valence-electron chi connectivity index (χ0n) is 36.5. The van der Waals surface area contributed by atoms with Gasteiger partial charge in [0.25, 0.3) is 0 Å². The second-order valence-electron chi connectivity index (χ2n) is 15.4. The van der Waals surface area contributed by atoms with Crippen LogP contribution >= 0.6 is 0 Å². The predicted molar refractivity (Wildman–Crippen MR) is 233 cm³/mol. The minimum Gasteiger partial charge on any atom is 0 e. The minimum atomic E-state index is -2.14. The number of imidazole rings is 1. The molecule has 10 aromatic rings. The largest absolute Gasteiger partial charge is 0 e. The van der Waals surface area contributed by atoms with Crippen LogP contribution in [0.15, 0.2) is 130 Å². The number of hydrogen-bond donors (Lipinski definition) is 0. The van der Waals surface area contributed by atoms with Crippen molar-refractivity contribution in [2.24, 2.45) is 0 Å². The molecule has 0 N–H and O–H groups in total. The van der Waals surface area contributed by atoms with Gasteiger partial charge in [0, 0.05) is 42.0 Å². The molecule has 0 aliphatic heterocycles. The first-order valence-electron chi connectivity index (χ1n) is 20.7. The molecule has 0 spiro atoms. The normalized spacial score (nSPS) is 13.2. The van der Waals surface area contributed by atoms with Gasteiger partial charge in [-0.25, -0.2) is 4.98 Å². The Labute approximate surface area is 354 Å². The Hall–Kier alpha value is -5.34. The summed E-state index contributed by atoms with van der Waals surface area (Å²) in [4.78, 5) is 14.3. The van der Waals surface area contributed by atoms with Gasteiger partial charge in [0.05, 0.1) is 28.1 Å². The molecule has 8 heteroatoms. The number of pyridine rings is 2. The van der Waals surface area contributed by atoms with Gasteiger partial charge in [-0.1, -0.05) is 53.4 Å². The summed E-state index contributed by atoms with van der Waals surface area (Å²) < 4.78 is 46.9. The van der Waals surface area contributed by atoms with Crippen molar-refractivity contribution in [2.75, 3.05) is 0 Å². The summed E-state index contributed by atoms with van der Waals surface area (Å²) in [6.45, 7) is 3.63. The topological polar surface area (TPSA) is 69.9 Å². The first-order chi connectivity index (χ1) is 28.6. The number of aromatic nitrogens is 4. The standard InChI is InChI=1S/C31H18N3O2.C18H24GeN.Ir/c1-18-16-17-22-21-9-6-11-23(28(21)36-31(22)32-18)30-33-24-12-3-4-13-25(24)34(30)26-14-7-10-20-19-8-2-5-15-27(19)35-29(20)26;1-13(2)16-11-18(15-9-7-14(3)8-10-15)20-12-17(16)19(4,5)6;/h2-10,12-17H,1H3;7-9,11-13H,1-6H3;/q2*-1;/i;3D3,13D;. The SMILES string of the molecule is Cc1ccc2c(n1)oc1c(-c3nc4ccccc4n3-c3cccc4c3oc3ccccc34)[c-]ccc12.[2H]C([2H])([2H])c1c[c-]c(-c2cc(C([2H])(C)C)[c]([Ge]([CH3])([CH3])[CH3])cn2)cc1.[Ir]. The van der Waals surface area contributed by atoms with E-state index >= 15 is 0 Å². The molecule has 0 amide bonds. The quantitative estimate of drug-likeness (QED) is 0.127. The summed E-state index contributed by atoms with van der Waals surface area (Å²) >= 11 is -2.14. The summed E-state index contributed by atoms with van der Waals surface area (Å²) in [6, 6.07) is 43.8. The van der Waals surface area contributed by atoms with Crippen LogP contribution in [0.3, 0.4) is 0 Å². The van der Waals surface area contributed by atoms with Crippen LogP contribution in [-0.4, -0.2) is 32.8 Å². The molecular formula is C49H42GeIrN4O2-2. The van der Waals surface area contributed by atoms with Gasteiger partial charge in [-0.05, 0) is 43.3 Å². The molecule has 0 saturated carbocycles. The van der Waals surface area contributed by atoms with Crippen molar-refractivity contribution in [1.82, 2.24) is 19.5 Å². The van der Waals surface area contributed by atoms with Crippen molar-refractivity contribution in [3.8, 4) is 28.3 Å². The maximum Gasteiger partial charge on any atom is 0 e. The van der Waals surface area contributed by atoms with E-state index in [9.17, 15) is 0 Å². The van der Waals surface area contributed by atoms with Crippen LogP contribution in [0.2, 0.25) is 17.3 Å². The Morgan fingerprint density at radius 2 is 1.58 bits per heavy atom. The summed E-state index contributed by atoms with van der Waals surface area (Å²) in [7, 11) is 0. The van der Waals surface area contributed by atoms with Gasteiger partial charge in [-0.15, -0.1) is 18.2 Å². The monoisotopic (exact) mass is 989 g/mol. The number of nitrogens with zero attached hydrogens (tertiary/aromatic N) is 4. The Morgan fingerprint density at radius 3 is 2.37 bits per heavy atom. The van der Waals surface area contributed by atoms with E-state index in [2.05, 4.69) is 80.3 Å². The molecule has 0 atom stereocenters. The summed E-state index contributed by atoms with van der Waals surface area (Å²) in [6.07, 6.45) is 1.91. The zero-order chi connectivity index (χ0) is 42.1. The Balaban J connectivity index is 0.000000181. The molecule has 0 fully saturated rings. The Kier molecular flexibility index (Phi) is 9.01. The number of para-hydroxylation sites is 4. The van der Waals surface area contributed by atoms with E-state index in [1.165, 1.54) is 10.5 Å². The zero-order valence-corrected chi connectivity index (χ0v) is 37.0. The first-order valence-corrected chi connectivity index (χ1v) is 26.0. The molecule has 10 rings (SSSR count). The maximum atomic E-state index is 8.49. The Bertz CT molecular complexity index is 3250. The molecule has 5 aromatic carbocycles. The summed E-state index contributed by atoms with van der Waals surface area (Å²) in [5.41, 5.74) is 10.3. The third kappa shape index (κ3) is 7.03. The second-order valence-corrected chi connectivity index (χ2v) is 25.9. The molecule has 57 heavy (non-hydrogen) atoms. The fraction of sp³-hybridized carbons (Fsp3) is 0.163. The number of aryl methyl sites for hydroxylation is 2. The molecule has 5 heterocycles. The second kappa shape index (κ2) is 15.2. The number of benzene rings is 5. The van der Waals surface area contributed by atoms with Crippen LogP contribution in [0.25, 0.3) is 83.4 Å². The van der Waals surface area contributed by atoms with Crippen molar-refractivity contribution in [3.05, 3.63) is 150 Å². The van der Waals surface area contributed by atoms with Gasteiger partial charge >= 0.3 is 131 Å². The van der Waals surface area contributed by atoms with Crippen LogP contribution in [-0.2, 0) is 20.1 Å². The van der Waals surface area contributed by atoms with Gasteiger partial charge in [-0.3, -0.25) is 4.98 Å². The third-order valence-corrected chi connectivity index (χ3v) is 14.4. The maximum absolute atomic E-state index is 8.49. The predicted octanol–water partition coefficient (Wildman–Crippen LogP) is 12.5. The molecule has 1 radical (unpaired) electrons. The molecule has 0 bridgehead atoms. The molecule has 285 valence electrons. The first kappa shape index (κ1) is 33.8. The van der Waals surface area contributed by atoms with Gasteiger partial charge in [0.1, 0.15) is 5.58 Å².